The molecular weight excluding hydrogens is 268 g/mol. The first kappa shape index (κ1) is 14.1. The smallest absolute Gasteiger partial charge is 0.223 e. The number of nitrogens with zero attached hydrogens (tertiary/aromatic N) is 2. The maximum atomic E-state index is 12.0. The third-order valence-electron chi connectivity index (χ3n) is 4.99. The van der Waals surface area contributed by atoms with Crippen LogP contribution in [0.1, 0.15) is 44.6 Å². The maximum absolute atomic E-state index is 12.0. The standard InChI is InChI=1S/C16H24N2OS/c1-2-18-15(19)4-7-16(18)6-3-9-17(10-8-16)12-14-5-11-20-13-14/h5,11,13H,2-4,6-10,12H2,1H3/t16-/m0/s1. The second kappa shape index (κ2) is 5.86. The Morgan fingerprint density at radius 3 is 2.95 bits per heavy atom. The predicted octanol–water partition coefficient (Wildman–Crippen LogP) is 3.12. The minimum Gasteiger partial charge on any atom is -0.337 e. The molecule has 3 rings (SSSR count). The topological polar surface area (TPSA) is 23.6 Å². The second-order valence-electron chi connectivity index (χ2n) is 6.12. The highest BCUT2D eigenvalue weighted by molar-refractivity contribution is 7.07. The van der Waals surface area contributed by atoms with E-state index in [4.69, 9.17) is 0 Å². The van der Waals surface area contributed by atoms with Gasteiger partial charge in [-0.05, 0) is 61.5 Å². The Hall–Kier alpha value is -0.870. The molecule has 2 aliphatic rings. The van der Waals surface area contributed by atoms with Crippen LogP contribution in [0, 0.1) is 0 Å². The van der Waals surface area contributed by atoms with Crippen molar-refractivity contribution >= 4 is 17.2 Å². The van der Waals surface area contributed by atoms with Crippen LogP contribution in [-0.4, -0.2) is 40.9 Å². The van der Waals surface area contributed by atoms with E-state index in [0.717, 1.165) is 38.9 Å². The van der Waals surface area contributed by atoms with Gasteiger partial charge in [-0.2, -0.15) is 11.3 Å². The van der Waals surface area contributed by atoms with Crippen molar-refractivity contribution in [3.63, 3.8) is 0 Å². The van der Waals surface area contributed by atoms with E-state index in [1.807, 2.05) is 0 Å². The Bertz CT molecular complexity index is 459. The Labute approximate surface area is 125 Å². The van der Waals surface area contributed by atoms with Crippen molar-refractivity contribution in [1.82, 2.24) is 9.80 Å². The number of thiophene rings is 1. The van der Waals surface area contributed by atoms with Gasteiger partial charge in [0.25, 0.3) is 0 Å². The molecule has 0 aliphatic carbocycles. The van der Waals surface area contributed by atoms with Gasteiger partial charge in [-0.1, -0.05) is 0 Å². The summed E-state index contributed by atoms with van der Waals surface area (Å²) in [5.41, 5.74) is 1.61. The number of rotatable bonds is 3. The van der Waals surface area contributed by atoms with E-state index in [1.54, 1.807) is 11.3 Å². The highest BCUT2D eigenvalue weighted by Crippen LogP contribution is 2.39. The molecule has 3 nitrogen and oxygen atoms in total. The first-order valence-corrected chi connectivity index (χ1v) is 8.72. The lowest BCUT2D eigenvalue weighted by Crippen LogP contribution is -2.46. The zero-order valence-electron chi connectivity index (χ0n) is 12.3. The van der Waals surface area contributed by atoms with Crippen LogP contribution in [0.4, 0.5) is 0 Å². The number of hydrogen-bond acceptors (Lipinski definition) is 3. The summed E-state index contributed by atoms with van der Waals surface area (Å²) in [6.45, 7) is 6.37. The molecule has 1 amide bonds. The molecule has 1 aromatic rings. The number of carbonyl (C=O) groups is 1. The Morgan fingerprint density at radius 2 is 2.20 bits per heavy atom. The van der Waals surface area contributed by atoms with Gasteiger partial charge in [0.2, 0.25) is 5.91 Å². The van der Waals surface area contributed by atoms with Gasteiger partial charge in [-0.3, -0.25) is 9.69 Å². The molecule has 2 fully saturated rings. The molecule has 0 bridgehead atoms. The summed E-state index contributed by atoms with van der Waals surface area (Å²) in [5, 5.41) is 4.40. The quantitative estimate of drug-likeness (QED) is 0.854. The van der Waals surface area contributed by atoms with Gasteiger partial charge in [0.1, 0.15) is 0 Å². The fraction of sp³-hybridized carbons (Fsp3) is 0.688. The maximum Gasteiger partial charge on any atom is 0.223 e. The third-order valence-corrected chi connectivity index (χ3v) is 5.72. The van der Waals surface area contributed by atoms with Crippen LogP contribution in [0.5, 0.6) is 0 Å². The van der Waals surface area contributed by atoms with Gasteiger partial charge >= 0.3 is 0 Å². The van der Waals surface area contributed by atoms with Crippen LogP contribution in [0.15, 0.2) is 16.8 Å². The lowest BCUT2D eigenvalue weighted by atomic mass is 9.88. The molecule has 0 saturated carbocycles. The van der Waals surface area contributed by atoms with Crippen molar-refractivity contribution < 1.29 is 4.79 Å². The van der Waals surface area contributed by atoms with E-state index >= 15 is 0 Å². The van der Waals surface area contributed by atoms with E-state index in [-0.39, 0.29) is 5.54 Å². The number of amides is 1. The molecule has 1 aromatic heterocycles. The molecule has 2 saturated heterocycles. The summed E-state index contributed by atoms with van der Waals surface area (Å²) in [7, 11) is 0. The fourth-order valence-corrected chi connectivity index (χ4v) is 4.60. The minimum absolute atomic E-state index is 0.176. The molecule has 1 spiro atoms. The molecule has 4 heteroatoms. The number of hydrogen-bond donors (Lipinski definition) is 0. The zero-order valence-corrected chi connectivity index (χ0v) is 13.1. The largest absolute Gasteiger partial charge is 0.337 e. The highest BCUT2D eigenvalue weighted by atomic mass is 32.1. The zero-order chi connectivity index (χ0) is 14.0. The third kappa shape index (κ3) is 2.63. The van der Waals surface area contributed by atoms with E-state index in [1.165, 1.54) is 24.9 Å². The number of likely N-dealkylation sites (tertiary alicyclic amines) is 2. The second-order valence-corrected chi connectivity index (χ2v) is 6.90. The van der Waals surface area contributed by atoms with Gasteiger partial charge in [-0.15, -0.1) is 0 Å². The molecule has 20 heavy (non-hydrogen) atoms. The molecule has 1 atom stereocenters. The first-order valence-electron chi connectivity index (χ1n) is 7.77. The van der Waals surface area contributed by atoms with Gasteiger partial charge in [0.15, 0.2) is 0 Å². The lowest BCUT2D eigenvalue weighted by molar-refractivity contribution is -0.131. The van der Waals surface area contributed by atoms with E-state index in [9.17, 15) is 4.79 Å². The monoisotopic (exact) mass is 292 g/mol. The summed E-state index contributed by atoms with van der Waals surface area (Å²) in [6.07, 6.45) is 5.39. The average Bonchev–Trinajstić information content (AvgIpc) is 2.99. The summed E-state index contributed by atoms with van der Waals surface area (Å²) < 4.78 is 0. The van der Waals surface area contributed by atoms with Crippen molar-refractivity contribution in [2.75, 3.05) is 19.6 Å². The van der Waals surface area contributed by atoms with Crippen molar-refractivity contribution in [3.05, 3.63) is 22.4 Å². The van der Waals surface area contributed by atoms with Gasteiger partial charge in [-0.25, -0.2) is 0 Å². The van der Waals surface area contributed by atoms with Gasteiger partial charge in [0.05, 0.1) is 0 Å². The lowest BCUT2D eigenvalue weighted by Gasteiger charge is -2.37. The van der Waals surface area contributed by atoms with Crippen LogP contribution in [0.25, 0.3) is 0 Å². The first-order chi connectivity index (χ1) is 9.73. The molecule has 0 N–H and O–H groups in total. The Kier molecular flexibility index (Phi) is 4.13. The summed E-state index contributed by atoms with van der Waals surface area (Å²) in [5.74, 6) is 0.374. The average molecular weight is 292 g/mol. The molecule has 0 radical (unpaired) electrons. The van der Waals surface area contributed by atoms with E-state index in [0.29, 0.717) is 5.91 Å². The molecule has 3 heterocycles. The highest BCUT2D eigenvalue weighted by Gasteiger charge is 2.44. The molecule has 0 unspecified atom stereocenters. The fourth-order valence-electron chi connectivity index (χ4n) is 3.94. The van der Waals surface area contributed by atoms with E-state index in [2.05, 4.69) is 33.6 Å². The van der Waals surface area contributed by atoms with Crippen LogP contribution in [0.2, 0.25) is 0 Å². The van der Waals surface area contributed by atoms with E-state index < -0.39 is 0 Å². The van der Waals surface area contributed by atoms with Crippen LogP contribution < -0.4 is 0 Å². The van der Waals surface area contributed by atoms with Crippen LogP contribution in [-0.2, 0) is 11.3 Å². The van der Waals surface area contributed by atoms with Crippen molar-refractivity contribution in [1.29, 1.82) is 0 Å². The summed E-state index contributed by atoms with van der Waals surface area (Å²) >= 11 is 1.78. The molecule has 2 aliphatic heterocycles. The van der Waals surface area contributed by atoms with Crippen LogP contribution >= 0.6 is 11.3 Å². The summed E-state index contributed by atoms with van der Waals surface area (Å²) in [6, 6.07) is 2.22. The Balaban J connectivity index is 1.66. The summed E-state index contributed by atoms with van der Waals surface area (Å²) in [4.78, 5) is 16.8. The van der Waals surface area contributed by atoms with Crippen molar-refractivity contribution in [2.24, 2.45) is 0 Å². The number of carbonyl (C=O) groups excluding carboxylic acids is 1. The van der Waals surface area contributed by atoms with Gasteiger partial charge < -0.3 is 4.90 Å². The Morgan fingerprint density at radius 1 is 1.30 bits per heavy atom. The molecular formula is C16H24N2OS. The molecule has 110 valence electrons. The van der Waals surface area contributed by atoms with Gasteiger partial charge in [0, 0.05) is 31.6 Å². The predicted molar refractivity (Wildman–Crippen MR) is 82.8 cm³/mol. The SMILES string of the molecule is CCN1C(=O)CC[C@]12CCCN(Cc1ccsc1)CC2. The molecule has 0 aromatic carbocycles. The normalized spacial score (nSPS) is 28.2. The van der Waals surface area contributed by atoms with Crippen molar-refractivity contribution in [3.8, 4) is 0 Å². The van der Waals surface area contributed by atoms with Crippen LogP contribution in [0.3, 0.4) is 0 Å². The minimum atomic E-state index is 0.176. The van der Waals surface area contributed by atoms with Crippen molar-refractivity contribution in [2.45, 2.75) is 51.1 Å².